The molecule has 0 amide bonds. The highest BCUT2D eigenvalue weighted by atomic mass is 15.0. The fourth-order valence-corrected chi connectivity index (χ4v) is 2.34. The van der Waals surface area contributed by atoms with Gasteiger partial charge in [0, 0.05) is 17.7 Å². The molecule has 15 heavy (non-hydrogen) atoms. The van der Waals surface area contributed by atoms with Gasteiger partial charge >= 0.3 is 0 Å². The predicted octanol–water partition coefficient (Wildman–Crippen LogP) is 2.52. The molecule has 0 spiro atoms. The van der Waals surface area contributed by atoms with Crippen molar-refractivity contribution in [1.29, 1.82) is 0 Å². The fraction of sp³-hybridized carbons (Fsp3) is 0.667. The SMILES string of the molecule is CCc1cc(N)nc(C2CCC(C)C2)n1. The highest BCUT2D eigenvalue weighted by Gasteiger charge is 2.25. The van der Waals surface area contributed by atoms with E-state index in [9.17, 15) is 0 Å². The molecule has 1 aliphatic rings. The first kappa shape index (κ1) is 10.4. The minimum absolute atomic E-state index is 0.536. The van der Waals surface area contributed by atoms with Crippen molar-refractivity contribution in [2.75, 3.05) is 5.73 Å². The van der Waals surface area contributed by atoms with Crippen LogP contribution in [0.4, 0.5) is 5.82 Å². The molecule has 0 aromatic carbocycles. The zero-order valence-electron chi connectivity index (χ0n) is 9.53. The lowest BCUT2D eigenvalue weighted by Crippen LogP contribution is -2.06. The van der Waals surface area contributed by atoms with Crippen molar-refractivity contribution in [3.63, 3.8) is 0 Å². The summed E-state index contributed by atoms with van der Waals surface area (Å²) in [6.07, 6.45) is 4.66. The Balaban J connectivity index is 2.24. The molecular weight excluding hydrogens is 186 g/mol. The van der Waals surface area contributed by atoms with Crippen LogP contribution >= 0.6 is 0 Å². The van der Waals surface area contributed by atoms with Crippen LogP contribution in [0.5, 0.6) is 0 Å². The second-order valence-corrected chi connectivity index (χ2v) is 4.61. The van der Waals surface area contributed by atoms with Crippen LogP contribution in [-0.2, 0) is 6.42 Å². The van der Waals surface area contributed by atoms with Crippen molar-refractivity contribution < 1.29 is 0 Å². The molecule has 2 rings (SSSR count). The van der Waals surface area contributed by atoms with Crippen LogP contribution in [0.1, 0.15) is 50.5 Å². The first-order valence-electron chi connectivity index (χ1n) is 5.82. The Hall–Kier alpha value is -1.12. The van der Waals surface area contributed by atoms with E-state index in [1.54, 1.807) is 0 Å². The number of anilines is 1. The second kappa shape index (κ2) is 4.17. The number of nitrogens with two attached hydrogens (primary N) is 1. The van der Waals surface area contributed by atoms with Gasteiger partial charge < -0.3 is 5.73 Å². The summed E-state index contributed by atoms with van der Waals surface area (Å²) in [6, 6.07) is 1.88. The lowest BCUT2D eigenvalue weighted by atomic mass is 10.1. The largest absolute Gasteiger partial charge is 0.384 e. The summed E-state index contributed by atoms with van der Waals surface area (Å²) in [6.45, 7) is 4.40. The molecule has 0 saturated heterocycles. The van der Waals surface area contributed by atoms with Gasteiger partial charge in [0.15, 0.2) is 0 Å². The summed E-state index contributed by atoms with van der Waals surface area (Å²) in [4.78, 5) is 8.94. The maximum absolute atomic E-state index is 5.79. The van der Waals surface area contributed by atoms with Crippen molar-refractivity contribution >= 4 is 5.82 Å². The van der Waals surface area contributed by atoms with Crippen LogP contribution < -0.4 is 5.73 Å². The molecule has 3 nitrogen and oxygen atoms in total. The average molecular weight is 205 g/mol. The van der Waals surface area contributed by atoms with Gasteiger partial charge in [-0.05, 0) is 31.6 Å². The summed E-state index contributed by atoms with van der Waals surface area (Å²) < 4.78 is 0. The fourth-order valence-electron chi connectivity index (χ4n) is 2.34. The topological polar surface area (TPSA) is 51.8 Å². The Morgan fingerprint density at radius 3 is 2.80 bits per heavy atom. The summed E-state index contributed by atoms with van der Waals surface area (Å²) in [7, 11) is 0. The van der Waals surface area contributed by atoms with Gasteiger partial charge in [-0.15, -0.1) is 0 Å². The molecule has 2 atom stereocenters. The van der Waals surface area contributed by atoms with Crippen LogP contribution in [0.3, 0.4) is 0 Å². The van der Waals surface area contributed by atoms with Gasteiger partial charge in [-0.2, -0.15) is 0 Å². The quantitative estimate of drug-likeness (QED) is 0.807. The molecule has 1 fully saturated rings. The number of hydrogen-bond acceptors (Lipinski definition) is 3. The average Bonchev–Trinajstić information content (AvgIpc) is 2.64. The number of nitrogens with zero attached hydrogens (tertiary/aromatic N) is 2. The Morgan fingerprint density at radius 2 is 2.20 bits per heavy atom. The summed E-state index contributed by atoms with van der Waals surface area (Å²) >= 11 is 0. The standard InChI is InChI=1S/C12H19N3/c1-3-10-7-11(13)15-12(14-10)9-5-4-8(2)6-9/h7-9H,3-6H2,1-2H3,(H2,13,14,15). The van der Waals surface area contributed by atoms with E-state index in [0.29, 0.717) is 11.7 Å². The van der Waals surface area contributed by atoms with E-state index < -0.39 is 0 Å². The monoisotopic (exact) mass is 205 g/mol. The van der Waals surface area contributed by atoms with Crippen molar-refractivity contribution in [3.8, 4) is 0 Å². The Labute approximate surface area is 91.1 Å². The number of aromatic nitrogens is 2. The first-order valence-corrected chi connectivity index (χ1v) is 5.82. The lowest BCUT2D eigenvalue weighted by Gasteiger charge is -2.10. The van der Waals surface area contributed by atoms with Gasteiger partial charge in [0.1, 0.15) is 11.6 Å². The van der Waals surface area contributed by atoms with E-state index in [4.69, 9.17) is 5.73 Å². The number of hydrogen-bond donors (Lipinski definition) is 1. The van der Waals surface area contributed by atoms with Gasteiger partial charge in [0.05, 0.1) is 0 Å². The second-order valence-electron chi connectivity index (χ2n) is 4.61. The van der Waals surface area contributed by atoms with Crippen LogP contribution in [0.2, 0.25) is 0 Å². The van der Waals surface area contributed by atoms with Crippen molar-refractivity contribution in [3.05, 3.63) is 17.6 Å². The van der Waals surface area contributed by atoms with Crippen LogP contribution in [-0.4, -0.2) is 9.97 Å². The highest BCUT2D eigenvalue weighted by Crippen LogP contribution is 2.36. The Morgan fingerprint density at radius 1 is 1.40 bits per heavy atom. The smallest absolute Gasteiger partial charge is 0.134 e. The molecule has 0 aliphatic heterocycles. The first-order chi connectivity index (χ1) is 7.19. The van der Waals surface area contributed by atoms with Gasteiger partial charge in [-0.25, -0.2) is 9.97 Å². The third kappa shape index (κ3) is 2.28. The van der Waals surface area contributed by atoms with E-state index in [2.05, 4.69) is 23.8 Å². The zero-order valence-corrected chi connectivity index (χ0v) is 9.53. The third-order valence-corrected chi connectivity index (χ3v) is 3.24. The van der Waals surface area contributed by atoms with Crippen molar-refractivity contribution in [2.45, 2.75) is 45.4 Å². The molecule has 2 N–H and O–H groups in total. The predicted molar refractivity (Wildman–Crippen MR) is 61.6 cm³/mol. The minimum atomic E-state index is 0.536. The van der Waals surface area contributed by atoms with Crippen LogP contribution in [0.15, 0.2) is 6.07 Å². The molecular formula is C12H19N3. The van der Waals surface area contributed by atoms with Crippen LogP contribution in [0, 0.1) is 5.92 Å². The molecule has 1 saturated carbocycles. The lowest BCUT2D eigenvalue weighted by molar-refractivity contribution is 0.584. The molecule has 1 aromatic rings. The van der Waals surface area contributed by atoms with Crippen molar-refractivity contribution in [1.82, 2.24) is 9.97 Å². The third-order valence-electron chi connectivity index (χ3n) is 3.24. The molecule has 1 heterocycles. The molecule has 82 valence electrons. The number of aryl methyl sites for hydroxylation is 1. The summed E-state index contributed by atoms with van der Waals surface area (Å²) in [5.74, 6) is 2.94. The molecule has 1 aromatic heterocycles. The van der Waals surface area contributed by atoms with Crippen LogP contribution in [0.25, 0.3) is 0 Å². The van der Waals surface area contributed by atoms with E-state index in [1.165, 1.54) is 19.3 Å². The van der Waals surface area contributed by atoms with E-state index in [0.717, 1.165) is 23.9 Å². The molecule has 0 bridgehead atoms. The van der Waals surface area contributed by atoms with E-state index in [1.807, 2.05) is 6.07 Å². The molecule has 0 radical (unpaired) electrons. The van der Waals surface area contributed by atoms with Gasteiger partial charge in [0.25, 0.3) is 0 Å². The number of nitrogen functional groups attached to an aromatic ring is 1. The normalized spacial score (nSPS) is 25.7. The summed E-state index contributed by atoms with van der Waals surface area (Å²) in [5.41, 5.74) is 6.85. The molecule has 2 unspecified atom stereocenters. The number of rotatable bonds is 2. The summed E-state index contributed by atoms with van der Waals surface area (Å²) in [5, 5.41) is 0. The maximum Gasteiger partial charge on any atom is 0.134 e. The van der Waals surface area contributed by atoms with E-state index in [-0.39, 0.29) is 0 Å². The zero-order chi connectivity index (χ0) is 10.8. The maximum atomic E-state index is 5.79. The minimum Gasteiger partial charge on any atom is -0.384 e. The Kier molecular flexibility index (Phi) is 2.89. The van der Waals surface area contributed by atoms with E-state index >= 15 is 0 Å². The molecule has 3 heteroatoms. The molecule has 1 aliphatic carbocycles. The van der Waals surface area contributed by atoms with Gasteiger partial charge in [-0.3, -0.25) is 0 Å². The van der Waals surface area contributed by atoms with Crippen molar-refractivity contribution in [2.24, 2.45) is 5.92 Å². The van der Waals surface area contributed by atoms with Gasteiger partial charge in [0.2, 0.25) is 0 Å². The van der Waals surface area contributed by atoms with Gasteiger partial charge in [-0.1, -0.05) is 13.8 Å². The highest BCUT2D eigenvalue weighted by molar-refractivity contribution is 5.30. The Bertz CT molecular complexity index is 349.